The summed E-state index contributed by atoms with van der Waals surface area (Å²) in [6.07, 6.45) is -1.01. The van der Waals surface area contributed by atoms with E-state index >= 15 is 0 Å². The number of para-hydroxylation sites is 1. The van der Waals surface area contributed by atoms with Crippen LogP contribution in [0.25, 0.3) is 10.9 Å². The first-order valence-electron chi connectivity index (χ1n) is 11.0. The molecule has 0 N–H and O–H groups in total. The van der Waals surface area contributed by atoms with Crippen molar-refractivity contribution in [1.29, 1.82) is 0 Å². The van der Waals surface area contributed by atoms with E-state index in [0.29, 0.717) is 27.7 Å². The van der Waals surface area contributed by atoms with Gasteiger partial charge in [-0.05, 0) is 38.1 Å². The summed E-state index contributed by atoms with van der Waals surface area (Å²) >= 11 is 0. The number of aromatic nitrogens is 1. The third kappa shape index (κ3) is 3.77. The van der Waals surface area contributed by atoms with Gasteiger partial charge in [0.25, 0.3) is 11.8 Å². The summed E-state index contributed by atoms with van der Waals surface area (Å²) in [5.74, 6) is -2.04. The van der Waals surface area contributed by atoms with Gasteiger partial charge < -0.3 is 4.74 Å². The Hall–Kier alpha value is -4.65. The zero-order valence-corrected chi connectivity index (χ0v) is 19.0. The van der Waals surface area contributed by atoms with E-state index in [1.165, 1.54) is 19.1 Å². The van der Waals surface area contributed by atoms with E-state index in [9.17, 15) is 19.2 Å². The number of hydrogen-bond acceptors (Lipinski definition) is 6. The Balaban J connectivity index is 1.44. The van der Waals surface area contributed by atoms with Crippen molar-refractivity contribution in [3.63, 3.8) is 0 Å². The molecule has 0 spiro atoms. The lowest BCUT2D eigenvalue weighted by Gasteiger charge is -2.16. The lowest BCUT2D eigenvalue weighted by molar-refractivity contribution is 0.0318. The summed E-state index contributed by atoms with van der Waals surface area (Å²) in [6.45, 7) is 3.20. The van der Waals surface area contributed by atoms with Gasteiger partial charge in [-0.25, -0.2) is 9.69 Å². The Bertz CT molecular complexity index is 1530. The number of imide groups is 1. The molecule has 0 fully saturated rings. The molecule has 0 saturated carbocycles. The summed E-state index contributed by atoms with van der Waals surface area (Å²) in [4.78, 5) is 57.5. The predicted molar refractivity (Wildman–Crippen MR) is 130 cm³/mol. The molecule has 7 nitrogen and oxygen atoms in total. The van der Waals surface area contributed by atoms with Crippen LogP contribution in [0.5, 0.6) is 0 Å². The second kappa shape index (κ2) is 8.61. The normalized spacial score (nSPS) is 13.6. The number of carbonyl (C=O) groups excluding carboxylic acids is 4. The van der Waals surface area contributed by atoms with Crippen molar-refractivity contribution in [3.05, 3.63) is 107 Å². The first kappa shape index (κ1) is 22.2. The highest BCUT2D eigenvalue weighted by Gasteiger charge is 2.40. The maximum absolute atomic E-state index is 13.4. The Kier molecular flexibility index (Phi) is 5.45. The van der Waals surface area contributed by atoms with Gasteiger partial charge in [0.15, 0.2) is 6.10 Å². The zero-order chi connectivity index (χ0) is 24.7. The number of rotatable bonds is 5. The van der Waals surface area contributed by atoms with E-state index < -0.39 is 23.9 Å². The number of esters is 1. The zero-order valence-electron chi connectivity index (χ0n) is 19.0. The molecule has 1 aliphatic heterocycles. The molecule has 1 unspecified atom stereocenters. The molecule has 1 aliphatic rings. The van der Waals surface area contributed by atoms with Crippen LogP contribution in [0, 0.1) is 6.92 Å². The van der Waals surface area contributed by atoms with Gasteiger partial charge in [0.1, 0.15) is 0 Å². The average molecular weight is 464 g/mol. The highest BCUT2D eigenvalue weighted by atomic mass is 16.5. The van der Waals surface area contributed by atoms with E-state index in [-0.39, 0.29) is 22.6 Å². The monoisotopic (exact) mass is 464 g/mol. The van der Waals surface area contributed by atoms with Crippen molar-refractivity contribution in [1.82, 2.24) is 4.98 Å². The number of aryl methyl sites for hydroxylation is 1. The molecule has 0 bridgehead atoms. The number of Topliss-reactive ketones (excluding diaryl/α,β-unsaturated/α-hetero) is 1. The van der Waals surface area contributed by atoms with Crippen molar-refractivity contribution in [2.24, 2.45) is 0 Å². The minimum Gasteiger partial charge on any atom is -0.451 e. The molecule has 0 radical (unpaired) electrons. The fourth-order valence-electron chi connectivity index (χ4n) is 4.26. The van der Waals surface area contributed by atoms with Crippen molar-refractivity contribution in [3.8, 4) is 0 Å². The largest absolute Gasteiger partial charge is 0.451 e. The minimum absolute atomic E-state index is 0.117. The lowest BCUT2D eigenvalue weighted by atomic mass is 10.0. The third-order valence-corrected chi connectivity index (χ3v) is 5.96. The van der Waals surface area contributed by atoms with Crippen molar-refractivity contribution >= 4 is 40.2 Å². The molecule has 2 heterocycles. The second-order valence-electron chi connectivity index (χ2n) is 8.24. The summed E-state index contributed by atoms with van der Waals surface area (Å²) in [7, 11) is 0. The molecule has 172 valence electrons. The molecule has 35 heavy (non-hydrogen) atoms. The van der Waals surface area contributed by atoms with Crippen molar-refractivity contribution in [2.45, 2.75) is 20.0 Å². The molecule has 7 heteroatoms. The molecule has 4 aromatic rings. The van der Waals surface area contributed by atoms with Crippen LogP contribution in [-0.4, -0.2) is 34.7 Å². The topological polar surface area (TPSA) is 93.6 Å². The molecule has 5 rings (SSSR count). The van der Waals surface area contributed by atoms with E-state index in [4.69, 9.17) is 4.74 Å². The number of benzene rings is 3. The standard InChI is InChI=1S/C28H20N2O5/c1-16-23-24(21-13-6-7-14-22(21)29-16)27(33)30(26(23)32)20-12-8-11-19(15-20)28(34)35-17(2)25(31)18-9-4-3-5-10-18/h3-15,17H,1-2H3. The first-order valence-corrected chi connectivity index (χ1v) is 11.0. The number of hydrogen-bond donors (Lipinski definition) is 0. The molecule has 0 aliphatic carbocycles. The number of nitrogens with zero attached hydrogens (tertiary/aromatic N) is 2. The number of carbonyl (C=O) groups is 4. The number of amides is 2. The summed E-state index contributed by atoms with van der Waals surface area (Å²) < 4.78 is 5.38. The van der Waals surface area contributed by atoms with E-state index in [0.717, 1.165) is 4.90 Å². The van der Waals surface area contributed by atoms with Crippen molar-refractivity contribution in [2.75, 3.05) is 4.90 Å². The van der Waals surface area contributed by atoms with Gasteiger partial charge in [0, 0.05) is 10.9 Å². The molecule has 1 aromatic heterocycles. The Morgan fingerprint density at radius 3 is 2.26 bits per heavy atom. The van der Waals surface area contributed by atoms with Gasteiger partial charge in [-0.3, -0.25) is 19.4 Å². The van der Waals surface area contributed by atoms with Crippen LogP contribution in [0.15, 0.2) is 78.9 Å². The van der Waals surface area contributed by atoms with Gasteiger partial charge in [-0.1, -0.05) is 54.6 Å². The van der Waals surface area contributed by atoms with Gasteiger partial charge >= 0.3 is 5.97 Å². The lowest BCUT2D eigenvalue weighted by Crippen LogP contribution is -2.30. The van der Waals surface area contributed by atoms with Gasteiger partial charge in [0.2, 0.25) is 5.78 Å². The van der Waals surface area contributed by atoms with Crippen LogP contribution in [-0.2, 0) is 4.74 Å². The van der Waals surface area contributed by atoms with Crippen LogP contribution < -0.4 is 4.90 Å². The number of anilines is 1. The Morgan fingerprint density at radius 1 is 0.829 bits per heavy atom. The van der Waals surface area contributed by atoms with Crippen LogP contribution in [0.2, 0.25) is 0 Å². The Morgan fingerprint density at radius 2 is 1.49 bits per heavy atom. The molecular weight excluding hydrogens is 444 g/mol. The van der Waals surface area contributed by atoms with Crippen LogP contribution in [0.3, 0.4) is 0 Å². The smallest absolute Gasteiger partial charge is 0.338 e. The van der Waals surface area contributed by atoms with E-state index in [2.05, 4.69) is 4.98 Å². The molecule has 1 atom stereocenters. The molecule has 2 amide bonds. The maximum atomic E-state index is 13.4. The first-order chi connectivity index (χ1) is 16.9. The quantitative estimate of drug-likeness (QED) is 0.240. The number of ether oxygens (including phenoxy) is 1. The number of ketones is 1. The van der Waals surface area contributed by atoms with E-state index in [1.807, 2.05) is 6.07 Å². The van der Waals surface area contributed by atoms with Crippen LogP contribution >= 0.6 is 0 Å². The van der Waals surface area contributed by atoms with E-state index in [1.54, 1.807) is 67.6 Å². The van der Waals surface area contributed by atoms with Gasteiger partial charge in [-0.2, -0.15) is 0 Å². The highest BCUT2D eigenvalue weighted by Crippen LogP contribution is 2.34. The highest BCUT2D eigenvalue weighted by molar-refractivity contribution is 6.37. The number of pyridine rings is 1. The molecule has 0 saturated heterocycles. The summed E-state index contributed by atoms with van der Waals surface area (Å²) in [5, 5.41) is 0.595. The van der Waals surface area contributed by atoms with Crippen molar-refractivity contribution < 1.29 is 23.9 Å². The molecule has 3 aromatic carbocycles. The number of fused-ring (bicyclic) bond motifs is 3. The fourth-order valence-corrected chi connectivity index (χ4v) is 4.26. The summed E-state index contributed by atoms with van der Waals surface area (Å²) in [6, 6.07) is 21.7. The SMILES string of the molecule is Cc1nc2ccccc2c2c1C(=O)N(c1cccc(C(=O)OC(C)C(=O)c3ccccc3)c1)C2=O. The summed E-state index contributed by atoms with van der Waals surface area (Å²) in [5.41, 5.74) is 2.42. The third-order valence-electron chi connectivity index (χ3n) is 5.96. The average Bonchev–Trinajstić information content (AvgIpc) is 3.15. The van der Waals surface area contributed by atoms with Crippen LogP contribution in [0.4, 0.5) is 5.69 Å². The van der Waals surface area contributed by atoms with Crippen LogP contribution in [0.1, 0.15) is 54.0 Å². The molecular formula is C28H20N2O5. The second-order valence-corrected chi connectivity index (χ2v) is 8.24. The van der Waals surface area contributed by atoms with Gasteiger partial charge in [0.05, 0.1) is 33.6 Å². The predicted octanol–water partition coefficient (Wildman–Crippen LogP) is 4.77. The Labute approximate surface area is 201 Å². The van der Waals surface area contributed by atoms with Gasteiger partial charge in [-0.15, -0.1) is 0 Å². The maximum Gasteiger partial charge on any atom is 0.338 e. The minimum atomic E-state index is -1.01. The fraction of sp³-hybridized carbons (Fsp3) is 0.107.